The molecule has 0 amide bonds. The molecule has 0 heterocycles. The molecular weight excluding hydrogens is 296 g/mol. The van der Waals surface area contributed by atoms with Gasteiger partial charge in [-0.2, -0.15) is 0 Å². The summed E-state index contributed by atoms with van der Waals surface area (Å²) in [6.45, 7) is 2.34. The third kappa shape index (κ3) is 3.38. The van der Waals surface area contributed by atoms with E-state index in [0.717, 1.165) is 5.75 Å². The van der Waals surface area contributed by atoms with Crippen LogP contribution in [0.5, 0.6) is 5.75 Å². The van der Waals surface area contributed by atoms with E-state index >= 15 is 0 Å². The number of rotatable bonds is 5. The van der Waals surface area contributed by atoms with E-state index in [0.29, 0.717) is 5.54 Å². The highest BCUT2D eigenvalue weighted by Gasteiger charge is 2.26. The normalized spacial score (nSPS) is 12.1. The molecule has 116 valence electrons. The van der Waals surface area contributed by atoms with Gasteiger partial charge in [0.2, 0.25) is 0 Å². The minimum atomic E-state index is -1.39. The maximum absolute atomic E-state index is 5.61. The van der Waals surface area contributed by atoms with Gasteiger partial charge in [0.25, 0.3) is 0 Å². The molecule has 0 radical (unpaired) electrons. The second-order valence-corrected chi connectivity index (χ2v) is 9.12. The molecule has 0 saturated carbocycles. The Morgan fingerprint density at radius 2 is 1.17 bits per heavy atom. The van der Waals surface area contributed by atoms with Crippen molar-refractivity contribution in [2.24, 2.45) is 0 Å². The molecule has 1 nitrogen and oxygen atoms in total. The topological polar surface area (TPSA) is 9.23 Å². The van der Waals surface area contributed by atoms with Crippen molar-refractivity contribution in [2.75, 3.05) is 7.11 Å². The van der Waals surface area contributed by atoms with Gasteiger partial charge in [-0.25, -0.2) is 0 Å². The van der Waals surface area contributed by atoms with Gasteiger partial charge in [-0.3, -0.25) is 0 Å². The van der Waals surface area contributed by atoms with E-state index in [2.05, 4.69) is 85.8 Å². The first kappa shape index (κ1) is 15.6. The summed E-state index contributed by atoms with van der Waals surface area (Å²) in [5.74, 6) is 0.990. The van der Waals surface area contributed by atoms with Crippen molar-refractivity contribution in [3.63, 3.8) is 0 Å². The van der Waals surface area contributed by atoms with Crippen LogP contribution in [0.4, 0.5) is 0 Å². The predicted octanol–water partition coefficient (Wildman–Crippen LogP) is 3.38. The van der Waals surface area contributed by atoms with Crippen molar-refractivity contribution in [1.29, 1.82) is 0 Å². The Morgan fingerprint density at radius 3 is 1.70 bits per heavy atom. The molecule has 0 N–H and O–H groups in total. The summed E-state index contributed by atoms with van der Waals surface area (Å²) in [7, 11) is 0.364. The maximum atomic E-state index is 5.61. The second-order valence-electron chi connectivity index (χ2n) is 5.83. The summed E-state index contributed by atoms with van der Waals surface area (Å²) < 4.78 is 5.61. The zero-order valence-electron chi connectivity index (χ0n) is 13.6. The molecule has 3 aromatic carbocycles. The van der Waals surface area contributed by atoms with Gasteiger partial charge in [-0.1, -0.05) is 96.2 Å². The molecule has 3 rings (SSSR count). The molecule has 0 aliphatic carbocycles. The van der Waals surface area contributed by atoms with Crippen LogP contribution in [-0.4, -0.2) is 15.9 Å². The minimum absolute atomic E-state index is 0.455. The summed E-state index contributed by atoms with van der Waals surface area (Å²) in [5, 5.41) is 2.94. The van der Waals surface area contributed by atoms with E-state index in [4.69, 9.17) is 4.74 Å². The third-order valence-corrected chi connectivity index (χ3v) is 8.01. The zero-order valence-corrected chi connectivity index (χ0v) is 14.8. The average Bonchev–Trinajstić information content (AvgIpc) is 2.63. The summed E-state index contributed by atoms with van der Waals surface area (Å²) in [6, 6.07) is 30.3. The van der Waals surface area contributed by atoms with Gasteiger partial charge in [-0.15, -0.1) is 0 Å². The molecule has 2 heteroatoms. The van der Waals surface area contributed by atoms with Gasteiger partial charge in [0, 0.05) is 0 Å². The molecule has 0 aliphatic heterocycles. The number of hydrogen-bond acceptors (Lipinski definition) is 1. The number of benzene rings is 3. The first-order chi connectivity index (χ1) is 11.3. The molecule has 0 unspecified atom stereocenters. The van der Waals surface area contributed by atoms with E-state index in [1.165, 1.54) is 15.9 Å². The van der Waals surface area contributed by atoms with Gasteiger partial charge in [0.15, 0.2) is 0 Å². The molecule has 0 spiro atoms. The van der Waals surface area contributed by atoms with Gasteiger partial charge < -0.3 is 4.74 Å². The Morgan fingerprint density at radius 1 is 0.696 bits per heavy atom. The summed E-state index contributed by atoms with van der Waals surface area (Å²) in [4.78, 5) is 0. The van der Waals surface area contributed by atoms with Gasteiger partial charge in [-0.05, 0) is 17.2 Å². The van der Waals surface area contributed by atoms with E-state index in [1.54, 1.807) is 7.11 Å². The van der Waals surface area contributed by atoms with Crippen LogP contribution in [0.25, 0.3) is 0 Å². The summed E-state index contributed by atoms with van der Waals surface area (Å²) in [5.41, 5.74) is 1.76. The van der Waals surface area contributed by atoms with Crippen LogP contribution in [0.3, 0.4) is 0 Å². The molecule has 23 heavy (non-hydrogen) atoms. The quantitative estimate of drug-likeness (QED) is 0.655. The fraction of sp³-hybridized carbons (Fsp3) is 0.143. The Kier molecular flexibility index (Phi) is 4.94. The van der Waals surface area contributed by atoms with Crippen LogP contribution < -0.4 is 15.1 Å². The first-order valence-electron chi connectivity index (χ1n) is 8.04. The zero-order chi connectivity index (χ0) is 16.1. The highest BCUT2D eigenvalue weighted by atomic mass is 28.3. The molecule has 3 aromatic rings. The standard InChI is InChI=1S/C21H22OSi/c1-17(20-15-9-10-16-21(20)22-2)23(18-11-5-3-6-12-18)19-13-7-4-8-14-19/h3-17,23H,1-2H3/t17-/m1/s1. The van der Waals surface area contributed by atoms with Crippen LogP contribution in [-0.2, 0) is 0 Å². The van der Waals surface area contributed by atoms with Crippen molar-refractivity contribution in [3.05, 3.63) is 90.5 Å². The summed E-state index contributed by atoms with van der Waals surface area (Å²) >= 11 is 0. The van der Waals surface area contributed by atoms with Crippen LogP contribution >= 0.6 is 0 Å². The van der Waals surface area contributed by atoms with E-state index in [1.807, 2.05) is 6.07 Å². The lowest BCUT2D eigenvalue weighted by Crippen LogP contribution is -2.46. The van der Waals surface area contributed by atoms with Gasteiger partial charge in [0.05, 0.1) is 7.11 Å². The molecule has 0 bridgehead atoms. The average molecular weight is 318 g/mol. The SMILES string of the molecule is COc1ccccc1[C@@H](C)[SiH](c1ccccc1)c1ccccc1. The Hall–Kier alpha value is -2.32. The highest BCUT2D eigenvalue weighted by molar-refractivity contribution is 6.86. The van der Waals surface area contributed by atoms with Crippen LogP contribution in [0, 0.1) is 0 Å². The first-order valence-corrected chi connectivity index (χ1v) is 9.86. The lowest BCUT2D eigenvalue weighted by Gasteiger charge is -2.25. The maximum Gasteiger partial charge on any atom is 0.122 e. The molecular formula is C21H22OSi. The Balaban J connectivity index is 2.08. The fourth-order valence-electron chi connectivity index (χ4n) is 3.31. The largest absolute Gasteiger partial charge is 0.496 e. The number of ether oxygens (including phenoxy) is 1. The predicted molar refractivity (Wildman–Crippen MR) is 101 cm³/mol. The molecule has 0 saturated heterocycles. The Labute approximate surface area is 140 Å². The van der Waals surface area contributed by atoms with Crippen LogP contribution in [0.1, 0.15) is 18.0 Å². The van der Waals surface area contributed by atoms with Gasteiger partial charge in [0.1, 0.15) is 14.5 Å². The monoisotopic (exact) mass is 318 g/mol. The fourth-order valence-corrected chi connectivity index (χ4v) is 6.76. The van der Waals surface area contributed by atoms with Crippen LogP contribution in [0.15, 0.2) is 84.9 Å². The van der Waals surface area contributed by atoms with Crippen molar-refractivity contribution in [3.8, 4) is 5.75 Å². The Bertz CT molecular complexity index is 701. The van der Waals surface area contributed by atoms with Crippen LogP contribution in [0.2, 0.25) is 0 Å². The molecule has 0 aliphatic rings. The van der Waals surface area contributed by atoms with Crippen molar-refractivity contribution >= 4 is 19.2 Å². The van der Waals surface area contributed by atoms with E-state index < -0.39 is 8.80 Å². The van der Waals surface area contributed by atoms with Gasteiger partial charge >= 0.3 is 0 Å². The van der Waals surface area contributed by atoms with Crippen molar-refractivity contribution in [1.82, 2.24) is 0 Å². The number of methoxy groups -OCH3 is 1. The lowest BCUT2D eigenvalue weighted by atomic mass is 10.1. The smallest absolute Gasteiger partial charge is 0.122 e. The molecule has 0 aromatic heterocycles. The molecule has 0 fully saturated rings. The number of hydrogen-bond donors (Lipinski definition) is 0. The second kappa shape index (κ2) is 7.29. The van der Waals surface area contributed by atoms with Crippen molar-refractivity contribution < 1.29 is 4.74 Å². The summed E-state index contributed by atoms with van der Waals surface area (Å²) in [6.07, 6.45) is 0. The van der Waals surface area contributed by atoms with E-state index in [-0.39, 0.29) is 0 Å². The minimum Gasteiger partial charge on any atom is -0.496 e. The molecule has 1 atom stereocenters. The van der Waals surface area contributed by atoms with E-state index in [9.17, 15) is 0 Å². The highest BCUT2D eigenvalue weighted by Crippen LogP contribution is 2.27. The number of para-hydroxylation sites is 1. The third-order valence-electron chi connectivity index (χ3n) is 4.45. The van der Waals surface area contributed by atoms with Crippen molar-refractivity contribution in [2.45, 2.75) is 12.5 Å². The lowest BCUT2D eigenvalue weighted by molar-refractivity contribution is 0.409.